The lowest BCUT2D eigenvalue weighted by molar-refractivity contribution is -0.0368. The number of rotatable bonds is 3. The number of nitrogens with zero attached hydrogens (tertiary/aromatic N) is 3. The molecule has 140 valence electrons. The predicted molar refractivity (Wildman–Crippen MR) is 99.6 cm³/mol. The van der Waals surface area contributed by atoms with Crippen LogP contribution in [-0.4, -0.2) is 51.7 Å². The Kier molecular flexibility index (Phi) is 4.79. The van der Waals surface area contributed by atoms with Gasteiger partial charge in [0.1, 0.15) is 11.9 Å². The SMILES string of the molecule is Cc1nn(C2CCCCO2)c2cc(Br)cc(OC3CCN(C(=O)O)C3)c12. The summed E-state index contributed by atoms with van der Waals surface area (Å²) in [6.45, 7) is 3.63. The van der Waals surface area contributed by atoms with E-state index in [1.807, 2.05) is 23.7 Å². The molecule has 2 aromatic rings. The van der Waals surface area contributed by atoms with Gasteiger partial charge in [-0.05, 0) is 38.3 Å². The zero-order valence-electron chi connectivity index (χ0n) is 14.7. The Hall–Kier alpha value is -1.80. The number of halogens is 1. The van der Waals surface area contributed by atoms with Gasteiger partial charge >= 0.3 is 6.09 Å². The Morgan fingerprint density at radius 2 is 2.23 bits per heavy atom. The molecule has 2 unspecified atom stereocenters. The van der Waals surface area contributed by atoms with E-state index in [2.05, 4.69) is 15.9 Å². The summed E-state index contributed by atoms with van der Waals surface area (Å²) >= 11 is 3.57. The number of fused-ring (bicyclic) bond motifs is 1. The van der Waals surface area contributed by atoms with Gasteiger partial charge in [0.05, 0.1) is 23.1 Å². The van der Waals surface area contributed by atoms with Crippen LogP contribution in [0.15, 0.2) is 16.6 Å². The van der Waals surface area contributed by atoms with Crippen LogP contribution >= 0.6 is 15.9 Å². The molecule has 0 aliphatic carbocycles. The summed E-state index contributed by atoms with van der Waals surface area (Å²) < 4.78 is 15.0. The van der Waals surface area contributed by atoms with Gasteiger partial charge < -0.3 is 19.5 Å². The molecule has 4 rings (SSSR count). The van der Waals surface area contributed by atoms with Crippen LogP contribution in [-0.2, 0) is 4.74 Å². The smallest absolute Gasteiger partial charge is 0.407 e. The molecule has 7 nitrogen and oxygen atoms in total. The van der Waals surface area contributed by atoms with Crippen molar-refractivity contribution in [1.82, 2.24) is 14.7 Å². The second kappa shape index (κ2) is 7.08. The Morgan fingerprint density at radius 3 is 2.92 bits per heavy atom. The van der Waals surface area contributed by atoms with Gasteiger partial charge in [-0.3, -0.25) is 0 Å². The number of likely N-dealkylation sites (tertiary alicyclic amines) is 1. The van der Waals surface area contributed by atoms with Crippen molar-refractivity contribution in [3.05, 3.63) is 22.3 Å². The molecule has 26 heavy (non-hydrogen) atoms. The Labute approximate surface area is 160 Å². The van der Waals surface area contributed by atoms with E-state index in [0.29, 0.717) is 19.5 Å². The fraction of sp³-hybridized carbons (Fsp3) is 0.556. The molecule has 1 aromatic carbocycles. The molecule has 2 fully saturated rings. The van der Waals surface area contributed by atoms with E-state index in [1.54, 1.807) is 0 Å². The molecule has 8 heteroatoms. The van der Waals surface area contributed by atoms with E-state index in [0.717, 1.165) is 52.7 Å². The standard InChI is InChI=1S/C18H22BrN3O4/c1-11-17-14(22(20-11)16-4-2-3-7-25-16)8-12(19)9-15(17)26-13-5-6-21(10-13)18(23)24/h8-9,13,16H,2-7,10H2,1H3,(H,23,24). The third-order valence-electron chi connectivity index (χ3n) is 5.05. The first kappa shape index (κ1) is 17.6. The molecule has 0 spiro atoms. The molecule has 0 bridgehead atoms. The maximum absolute atomic E-state index is 11.1. The fourth-order valence-electron chi connectivity index (χ4n) is 3.78. The fourth-order valence-corrected chi connectivity index (χ4v) is 4.21. The summed E-state index contributed by atoms with van der Waals surface area (Å²) in [7, 11) is 0. The highest BCUT2D eigenvalue weighted by Crippen LogP contribution is 2.36. The maximum Gasteiger partial charge on any atom is 0.407 e. The quantitative estimate of drug-likeness (QED) is 0.808. The average Bonchev–Trinajstić information content (AvgIpc) is 3.20. The molecule has 0 saturated carbocycles. The van der Waals surface area contributed by atoms with Crippen molar-refractivity contribution >= 4 is 32.9 Å². The minimum absolute atomic E-state index is 0.0453. The number of benzene rings is 1. The van der Waals surface area contributed by atoms with Gasteiger partial charge in [-0.2, -0.15) is 5.10 Å². The molecule has 2 aliphatic rings. The molecule has 1 amide bonds. The number of aromatic nitrogens is 2. The van der Waals surface area contributed by atoms with Crippen LogP contribution in [0.3, 0.4) is 0 Å². The average molecular weight is 424 g/mol. The minimum Gasteiger partial charge on any atom is -0.488 e. The van der Waals surface area contributed by atoms with Crippen molar-refractivity contribution in [3.63, 3.8) is 0 Å². The van der Waals surface area contributed by atoms with Crippen LogP contribution < -0.4 is 4.74 Å². The summed E-state index contributed by atoms with van der Waals surface area (Å²) in [5, 5.41) is 14.8. The van der Waals surface area contributed by atoms with Gasteiger partial charge in [0.25, 0.3) is 0 Å². The highest BCUT2D eigenvalue weighted by atomic mass is 79.9. The largest absolute Gasteiger partial charge is 0.488 e. The van der Waals surface area contributed by atoms with Gasteiger partial charge in [0.2, 0.25) is 0 Å². The van der Waals surface area contributed by atoms with E-state index in [4.69, 9.17) is 19.7 Å². The monoisotopic (exact) mass is 423 g/mol. The first-order valence-corrected chi connectivity index (χ1v) is 9.76. The van der Waals surface area contributed by atoms with Gasteiger partial charge in [0.15, 0.2) is 6.23 Å². The van der Waals surface area contributed by atoms with Crippen LogP contribution in [0.4, 0.5) is 4.79 Å². The predicted octanol–water partition coefficient (Wildman–Crippen LogP) is 3.94. The van der Waals surface area contributed by atoms with Crippen molar-refractivity contribution in [1.29, 1.82) is 0 Å². The van der Waals surface area contributed by atoms with Crippen molar-refractivity contribution in [2.45, 2.75) is 44.9 Å². The summed E-state index contributed by atoms with van der Waals surface area (Å²) in [6, 6.07) is 3.98. The van der Waals surface area contributed by atoms with E-state index in [9.17, 15) is 4.79 Å². The lowest BCUT2D eigenvalue weighted by Gasteiger charge is -2.23. The highest BCUT2D eigenvalue weighted by molar-refractivity contribution is 9.10. The number of amides is 1. The first-order chi connectivity index (χ1) is 12.5. The van der Waals surface area contributed by atoms with Crippen LogP contribution in [0.25, 0.3) is 10.9 Å². The van der Waals surface area contributed by atoms with Crippen molar-refractivity contribution in [2.24, 2.45) is 0 Å². The molecule has 2 atom stereocenters. The van der Waals surface area contributed by atoms with Crippen molar-refractivity contribution in [2.75, 3.05) is 19.7 Å². The van der Waals surface area contributed by atoms with Gasteiger partial charge in [-0.1, -0.05) is 15.9 Å². The van der Waals surface area contributed by atoms with E-state index >= 15 is 0 Å². The maximum atomic E-state index is 11.1. The lowest BCUT2D eigenvalue weighted by atomic mass is 10.1. The van der Waals surface area contributed by atoms with Crippen LogP contribution in [0.2, 0.25) is 0 Å². The van der Waals surface area contributed by atoms with E-state index in [-0.39, 0.29) is 12.3 Å². The van der Waals surface area contributed by atoms with E-state index < -0.39 is 6.09 Å². The number of carboxylic acid groups (broad SMARTS) is 1. The summed E-state index contributed by atoms with van der Waals surface area (Å²) in [6.07, 6.45) is 2.79. The van der Waals surface area contributed by atoms with Gasteiger partial charge in [-0.15, -0.1) is 0 Å². The Bertz CT molecular complexity index is 831. The second-order valence-electron chi connectivity index (χ2n) is 6.91. The van der Waals surface area contributed by atoms with Crippen LogP contribution in [0.5, 0.6) is 5.75 Å². The Morgan fingerprint density at radius 1 is 1.38 bits per heavy atom. The number of hydrogen-bond donors (Lipinski definition) is 1. The Balaban J connectivity index is 1.67. The number of carbonyl (C=O) groups is 1. The minimum atomic E-state index is -0.895. The van der Waals surface area contributed by atoms with Gasteiger partial charge in [0, 0.05) is 24.0 Å². The van der Waals surface area contributed by atoms with Crippen molar-refractivity contribution in [3.8, 4) is 5.75 Å². The molecule has 2 aliphatic heterocycles. The normalized spacial score (nSPS) is 23.5. The summed E-state index contributed by atoms with van der Waals surface area (Å²) in [4.78, 5) is 12.5. The highest BCUT2D eigenvalue weighted by Gasteiger charge is 2.29. The first-order valence-electron chi connectivity index (χ1n) is 8.97. The molecule has 1 aromatic heterocycles. The lowest BCUT2D eigenvalue weighted by Crippen LogP contribution is -2.29. The topological polar surface area (TPSA) is 76.8 Å². The second-order valence-corrected chi connectivity index (χ2v) is 7.82. The van der Waals surface area contributed by atoms with Crippen LogP contribution in [0, 0.1) is 6.92 Å². The number of hydrogen-bond acceptors (Lipinski definition) is 4. The third kappa shape index (κ3) is 3.27. The van der Waals surface area contributed by atoms with Gasteiger partial charge in [-0.25, -0.2) is 9.48 Å². The molecule has 2 saturated heterocycles. The summed E-state index contributed by atoms with van der Waals surface area (Å²) in [5.41, 5.74) is 1.87. The number of aryl methyl sites for hydroxylation is 1. The molecular weight excluding hydrogens is 402 g/mol. The third-order valence-corrected chi connectivity index (χ3v) is 5.51. The molecule has 0 radical (unpaired) electrons. The molecule has 3 heterocycles. The van der Waals surface area contributed by atoms with Crippen molar-refractivity contribution < 1.29 is 19.4 Å². The van der Waals surface area contributed by atoms with Crippen LogP contribution in [0.1, 0.15) is 37.6 Å². The molecule has 1 N–H and O–H groups in total. The zero-order chi connectivity index (χ0) is 18.3. The molecular formula is C18H22BrN3O4. The van der Waals surface area contributed by atoms with E-state index in [1.165, 1.54) is 4.90 Å². The number of ether oxygens (including phenoxy) is 2. The summed E-state index contributed by atoms with van der Waals surface area (Å²) in [5.74, 6) is 0.742. The zero-order valence-corrected chi connectivity index (χ0v) is 16.2.